The fourth-order valence-electron chi connectivity index (χ4n) is 5.55. The zero-order valence-electron chi connectivity index (χ0n) is 24.8. The molecule has 1 aliphatic heterocycles. The van der Waals surface area contributed by atoms with Crippen LogP contribution in [0, 0.1) is 17.6 Å². The summed E-state index contributed by atoms with van der Waals surface area (Å²) in [5.41, 5.74) is 0.474. The second-order valence-electron chi connectivity index (χ2n) is 11.1. The minimum absolute atomic E-state index is 0.00300. The quantitative estimate of drug-likeness (QED) is 0.200. The molecule has 5 rings (SSSR count). The molecule has 2 aliphatic rings. The number of oxazole rings is 1. The van der Waals surface area contributed by atoms with Gasteiger partial charge in [0.1, 0.15) is 17.7 Å². The van der Waals surface area contributed by atoms with Crippen molar-refractivity contribution in [3.63, 3.8) is 0 Å². The van der Waals surface area contributed by atoms with Crippen LogP contribution in [0.1, 0.15) is 87.5 Å². The van der Waals surface area contributed by atoms with Crippen LogP contribution in [0.25, 0.3) is 0 Å². The van der Waals surface area contributed by atoms with E-state index in [1.165, 1.54) is 23.7 Å². The van der Waals surface area contributed by atoms with Gasteiger partial charge in [-0.3, -0.25) is 9.79 Å². The lowest BCUT2D eigenvalue weighted by molar-refractivity contribution is -0.149. The maximum atomic E-state index is 14.7. The lowest BCUT2D eigenvalue weighted by Crippen LogP contribution is -2.38. The van der Waals surface area contributed by atoms with Crippen molar-refractivity contribution >= 4 is 40.7 Å². The number of thiazole rings is 1. The van der Waals surface area contributed by atoms with E-state index in [1.54, 1.807) is 39.3 Å². The number of amidine groups is 1. The first-order valence-electron chi connectivity index (χ1n) is 14.5. The van der Waals surface area contributed by atoms with Gasteiger partial charge < -0.3 is 19.2 Å². The Morgan fingerprint density at radius 1 is 1.11 bits per heavy atom. The van der Waals surface area contributed by atoms with Crippen molar-refractivity contribution < 1.29 is 32.3 Å². The zero-order valence-corrected chi connectivity index (χ0v) is 26.4. The highest BCUT2D eigenvalue weighted by molar-refractivity contribution is 7.11. The van der Waals surface area contributed by atoms with Crippen molar-refractivity contribution in [1.82, 2.24) is 15.3 Å². The standard InChI is InChI=1S/C31H33ClF2N4O5S/c1-5-41-29(39)21-24(16-7-9-17(10-8-16)27-36-20(15-43-27)31(3,4)30(40)42-6-2)37-26(28-35-13-14-44-28)38-25(21)18-11-12-19(33)23(34)22(18)32/h11-17,25H,5-10H2,1-4H3,(H,37,38). The number of hydrogen-bond acceptors (Lipinski definition) is 10. The third-order valence-electron chi connectivity index (χ3n) is 8.00. The van der Waals surface area contributed by atoms with Crippen molar-refractivity contribution in [3.05, 3.63) is 80.1 Å². The summed E-state index contributed by atoms with van der Waals surface area (Å²) in [6, 6.07) is 1.26. The van der Waals surface area contributed by atoms with Gasteiger partial charge in [0.05, 0.1) is 29.5 Å². The molecule has 0 radical (unpaired) electrons. The monoisotopic (exact) mass is 646 g/mol. The van der Waals surface area contributed by atoms with Gasteiger partial charge in [0.2, 0.25) is 0 Å². The van der Waals surface area contributed by atoms with Crippen LogP contribution in [0.5, 0.6) is 0 Å². The summed E-state index contributed by atoms with van der Waals surface area (Å²) in [7, 11) is 0. The van der Waals surface area contributed by atoms with Gasteiger partial charge in [-0.2, -0.15) is 0 Å². The minimum Gasteiger partial charge on any atom is -0.465 e. The van der Waals surface area contributed by atoms with Crippen molar-refractivity contribution in [2.75, 3.05) is 13.2 Å². The molecule has 1 atom stereocenters. The van der Waals surface area contributed by atoms with E-state index in [0.717, 1.165) is 6.07 Å². The van der Waals surface area contributed by atoms with Crippen LogP contribution in [-0.2, 0) is 24.5 Å². The highest BCUT2D eigenvalue weighted by Crippen LogP contribution is 2.44. The molecule has 9 nitrogen and oxygen atoms in total. The van der Waals surface area contributed by atoms with Gasteiger partial charge in [0, 0.05) is 28.8 Å². The molecule has 1 saturated carbocycles. The summed E-state index contributed by atoms with van der Waals surface area (Å²) >= 11 is 7.65. The highest BCUT2D eigenvalue weighted by Gasteiger charge is 2.40. The molecular weight excluding hydrogens is 614 g/mol. The Labute approximate surface area is 262 Å². The second-order valence-corrected chi connectivity index (χ2v) is 12.4. The predicted molar refractivity (Wildman–Crippen MR) is 160 cm³/mol. The molecule has 3 aromatic rings. The lowest BCUT2D eigenvalue weighted by atomic mass is 9.78. The SMILES string of the molecule is CCOC(=O)C1=C(C2CCC(c3nc(C(C)(C)C(=O)OCC)co3)CC2)NC(c2nccs2)=NC1c1ccc(F)c(F)c1Cl. The number of allylic oxidation sites excluding steroid dienone is 1. The van der Waals surface area contributed by atoms with E-state index in [4.69, 9.17) is 30.5 Å². The van der Waals surface area contributed by atoms with Crippen LogP contribution in [-0.4, -0.2) is 41.0 Å². The number of ether oxygens (including phenoxy) is 2. The number of rotatable bonds is 9. The summed E-state index contributed by atoms with van der Waals surface area (Å²) in [6.07, 6.45) is 5.82. The van der Waals surface area contributed by atoms with E-state index in [0.29, 0.717) is 53.8 Å². The largest absolute Gasteiger partial charge is 0.465 e. The van der Waals surface area contributed by atoms with Crippen LogP contribution in [0.15, 0.2) is 50.7 Å². The van der Waals surface area contributed by atoms with E-state index in [9.17, 15) is 18.4 Å². The first-order valence-corrected chi connectivity index (χ1v) is 15.7. The first-order chi connectivity index (χ1) is 21.1. The molecule has 13 heteroatoms. The number of nitrogens with zero attached hydrogens (tertiary/aromatic N) is 3. The van der Waals surface area contributed by atoms with Crippen LogP contribution in [0.2, 0.25) is 5.02 Å². The molecule has 1 aliphatic carbocycles. The average molecular weight is 647 g/mol. The van der Waals surface area contributed by atoms with Crippen molar-refractivity contribution in [2.24, 2.45) is 10.9 Å². The van der Waals surface area contributed by atoms with E-state index in [-0.39, 0.29) is 42.2 Å². The number of carbonyl (C=O) groups is 2. The van der Waals surface area contributed by atoms with E-state index >= 15 is 0 Å². The first kappa shape index (κ1) is 31.8. The van der Waals surface area contributed by atoms with Gasteiger partial charge in [-0.15, -0.1) is 11.3 Å². The molecule has 1 fully saturated rings. The van der Waals surface area contributed by atoms with E-state index in [1.807, 2.05) is 0 Å². The summed E-state index contributed by atoms with van der Waals surface area (Å²) < 4.78 is 45.2. The van der Waals surface area contributed by atoms with Gasteiger partial charge in [-0.25, -0.2) is 23.5 Å². The molecule has 0 amide bonds. The number of carbonyl (C=O) groups excluding carboxylic acids is 2. The van der Waals surface area contributed by atoms with Crippen LogP contribution in [0.4, 0.5) is 8.78 Å². The van der Waals surface area contributed by atoms with Crippen molar-refractivity contribution in [1.29, 1.82) is 0 Å². The molecular formula is C31H33ClF2N4O5S. The maximum absolute atomic E-state index is 14.7. The molecule has 234 valence electrons. The van der Waals surface area contributed by atoms with E-state index < -0.39 is 34.1 Å². The molecule has 0 bridgehead atoms. The molecule has 1 unspecified atom stereocenters. The average Bonchev–Trinajstić information content (AvgIpc) is 3.74. The molecule has 3 heterocycles. The Bertz CT molecular complexity index is 1600. The number of aliphatic imine (C=N–C) groups is 1. The third-order valence-corrected chi connectivity index (χ3v) is 9.16. The number of esters is 2. The maximum Gasteiger partial charge on any atom is 0.338 e. The molecule has 0 saturated heterocycles. The van der Waals surface area contributed by atoms with Crippen LogP contribution in [0.3, 0.4) is 0 Å². The van der Waals surface area contributed by atoms with Crippen molar-refractivity contribution in [3.8, 4) is 0 Å². The van der Waals surface area contributed by atoms with Gasteiger partial charge in [0.25, 0.3) is 0 Å². The predicted octanol–water partition coefficient (Wildman–Crippen LogP) is 6.79. The highest BCUT2D eigenvalue weighted by atomic mass is 35.5. The fraction of sp³-hybridized carbons (Fsp3) is 0.452. The van der Waals surface area contributed by atoms with Gasteiger partial charge in [0.15, 0.2) is 28.4 Å². The van der Waals surface area contributed by atoms with Crippen LogP contribution < -0.4 is 5.32 Å². The Kier molecular flexibility index (Phi) is 9.50. The van der Waals surface area contributed by atoms with Crippen molar-refractivity contribution in [2.45, 2.75) is 70.8 Å². The Balaban J connectivity index is 1.47. The lowest BCUT2D eigenvalue weighted by Gasteiger charge is -2.34. The minimum atomic E-state index is -1.21. The second kappa shape index (κ2) is 13.2. The molecule has 0 spiro atoms. The summed E-state index contributed by atoms with van der Waals surface area (Å²) in [5.74, 6) is -2.50. The zero-order chi connectivity index (χ0) is 31.6. The summed E-state index contributed by atoms with van der Waals surface area (Å²) in [4.78, 5) is 39.7. The van der Waals surface area contributed by atoms with Gasteiger partial charge >= 0.3 is 11.9 Å². The Hall–Kier alpha value is -3.64. The molecule has 1 aromatic carbocycles. The molecule has 2 aromatic heterocycles. The molecule has 1 N–H and O–H groups in total. The third kappa shape index (κ3) is 6.14. The smallest absolute Gasteiger partial charge is 0.338 e. The number of benzene rings is 1. The summed E-state index contributed by atoms with van der Waals surface area (Å²) in [5, 5.41) is 5.25. The normalized spacial score (nSPS) is 20.6. The Morgan fingerprint density at radius 2 is 1.82 bits per heavy atom. The Morgan fingerprint density at radius 3 is 2.48 bits per heavy atom. The van der Waals surface area contributed by atoms with Crippen LogP contribution >= 0.6 is 22.9 Å². The fourth-order valence-corrected chi connectivity index (χ4v) is 6.40. The molecule has 44 heavy (non-hydrogen) atoms. The number of aromatic nitrogens is 2. The van der Waals surface area contributed by atoms with Gasteiger partial charge in [-0.05, 0) is 65.4 Å². The number of hydrogen-bond donors (Lipinski definition) is 1. The van der Waals surface area contributed by atoms with E-state index in [2.05, 4.69) is 15.3 Å². The number of halogens is 3. The topological polar surface area (TPSA) is 116 Å². The summed E-state index contributed by atoms with van der Waals surface area (Å²) in [6.45, 7) is 7.32. The van der Waals surface area contributed by atoms with Gasteiger partial charge in [-0.1, -0.05) is 17.7 Å². The number of nitrogens with one attached hydrogen (secondary N) is 1.